The summed E-state index contributed by atoms with van der Waals surface area (Å²) in [6.45, 7) is 4.38. The van der Waals surface area contributed by atoms with Crippen LogP contribution in [0, 0.1) is 6.92 Å². The zero-order chi connectivity index (χ0) is 27.7. The Labute approximate surface area is 227 Å². The molecule has 9 heteroatoms. The molecule has 1 atom stereocenters. The highest BCUT2D eigenvalue weighted by Crippen LogP contribution is 2.24. The van der Waals surface area contributed by atoms with Crippen molar-refractivity contribution in [2.45, 2.75) is 77.4 Å². The van der Waals surface area contributed by atoms with Crippen LogP contribution in [0.2, 0.25) is 0 Å². The number of rotatable bonds is 13. The zero-order valence-corrected chi connectivity index (χ0v) is 23.8. The summed E-state index contributed by atoms with van der Waals surface area (Å²) < 4.78 is 31.7. The van der Waals surface area contributed by atoms with Crippen molar-refractivity contribution in [3.05, 3.63) is 59.7 Å². The summed E-state index contributed by atoms with van der Waals surface area (Å²) in [5.41, 5.74) is 2.53. The van der Waals surface area contributed by atoms with Gasteiger partial charge in [0.1, 0.15) is 11.8 Å². The number of nitrogens with one attached hydrogen (secondary N) is 1. The lowest BCUT2D eigenvalue weighted by Crippen LogP contribution is -2.51. The van der Waals surface area contributed by atoms with Crippen LogP contribution < -0.4 is 14.4 Å². The second-order valence-electron chi connectivity index (χ2n) is 10.1. The van der Waals surface area contributed by atoms with Gasteiger partial charge in [0.2, 0.25) is 21.8 Å². The van der Waals surface area contributed by atoms with E-state index in [1.807, 2.05) is 38.1 Å². The Morgan fingerprint density at radius 1 is 1.11 bits per heavy atom. The molecule has 0 unspecified atom stereocenters. The molecule has 0 aromatic heterocycles. The van der Waals surface area contributed by atoms with E-state index in [2.05, 4.69) is 5.32 Å². The third-order valence-electron chi connectivity index (χ3n) is 7.02. The molecular formula is C29H41N3O5S. The predicted octanol–water partition coefficient (Wildman–Crippen LogP) is 4.42. The lowest BCUT2D eigenvalue weighted by Gasteiger charge is -2.32. The van der Waals surface area contributed by atoms with Crippen molar-refractivity contribution in [3.63, 3.8) is 0 Å². The Hall–Kier alpha value is -3.07. The fourth-order valence-electron chi connectivity index (χ4n) is 5.06. The molecule has 208 valence electrons. The molecule has 1 fully saturated rings. The molecule has 0 aliphatic heterocycles. The number of carbonyl (C=O) groups is 2. The minimum Gasteiger partial charge on any atom is -0.497 e. The van der Waals surface area contributed by atoms with Crippen LogP contribution >= 0.6 is 0 Å². The number of hydrogen-bond acceptors (Lipinski definition) is 5. The zero-order valence-electron chi connectivity index (χ0n) is 23.0. The lowest BCUT2D eigenvalue weighted by atomic mass is 10.1. The number of carbonyl (C=O) groups excluding carboxylic acids is 2. The number of aryl methyl sites for hydroxylation is 1. The van der Waals surface area contributed by atoms with Crippen molar-refractivity contribution in [3.8, 4) is 5.75 Å². The second kappa shape index (κ2) is 13.6. The quantitative estimate of drug-likeness (QED) is 0.404. The fraction of sp³-hybridized carbons (Fsp3) is 0.517. The molecule has 8 nitrogen and oxygen atoms in total. The maximum absolute atomic E-state index is 13.6. The maximum atomic E-state index is 13.6. The van der Waals surface area contributed by atoms with E-state index in [1.54, 1.807) is 29.2 Å². The van der Waals surface area contributed by atoms with E-state index >= 15 is 0 Å². The SMILES string of the molecule is CC[C@@H](C(=O)NC1CCCC1)N(Cc1cccc(C)c1)C(=O)CCCN(c1cccc(OC)c1)S(C)(=O)=O. The first-order valence-corrected chi connectivity index (χ1v) is 15.2. The minimum atomic E-state index is -3.57. The summed E-state index contributed by atoms with van der Waals surface area (Å²) in [5.74, 6) is 0.268. The van der Waals surface area contributed by atoms with Gasteiger partial charge in [-0.3, -0.25) is 13.9 Å². The van der Waals surface area contributed by atoms with E-state index < -0.39 is 16.1 Å². The van der Waals surface area contributed by atoms with Gasteiger partial charge in [-0.15, -0.1) is 0 Å². The average Bonchev–Trinajstić information content (AvgIpc) is 3.38. The number of methoxy groups -OCH3 is 1. The van der Waals surface area contributed by atoms with Gasteiger partial charge in [0.25, 0.3) is 0 Å². The Morgan fingerprint density at radius 2 is 1.82 bits per heavy atom. The van der Waals surface area contributed by atoms with Crippen molar-refractivity contribution in [2.24, 2.45) is 0 Å². The van der Waals surface area contributed by atoms with Gasteiger partial charge < -0.3 is 15.0 Å². The van der Waals surface area contributed by atoms with E-state index in [9.17, 15) is 18.0 Å². The first-order chi connectivity index (χ1) is 18.1. The normalized spacial score (nSPS) is 14.6. The topological polar surface area (TPSA) is 96.0 Å². The van der Waals surface area contributed by atoms with Crippen molar-refractivity contribution >= 4 is 27.5 Å². The Kier molecular flexibility index (Phi) is 10.6. The van der Waals surface area contributed by atoms with Crippen LogP contribution in [-0.2, 0) is 26.2 Å². The van der Waals surface area contributed by atoms with Gasteiger partial charge in [-0.1, -0.05) is 55.7 Å². The molecule has 0 spiro atoms. The molecule has 0 radical (unpaired) electrons. The third kappa shape index (κ3) is 8.21. The van der Waals surface area contributed by atoms with Crippen LogP contribution in [0.1, 0.15) is 63.0 Å². The average molecular weight is 544 g/mol. The van der Waals surface area contributed by atoms with Crippen LogP contribution in [0.4, 0.5) is 5.69 Å². The largest absolute Gasteiger partial charge is 0.497 e. The van der Waals surface area contributed by atoms with E-state index in [0.29, 0.717) is 30.8 Å². The molecule has 2 aromatic rings. The highest BCUT2D eigenvalue weighted by molar-refractivity contribution is 7.92. The van der Waals surface area contributed by atoms with Crippen LogP contribution in [0.3, 0.4) is 0 Å². The summed E-state index contributed by atoms with van der Waals surface area (Å²) in [6, 6.07) is 14.4. The molecule has 0 saturated heterocycles. The Morgan fingerprint density at radius 3 is 2.45 bits per heavy atom. The van der Waals surface area contributed by atoms with E-state index in [4.69, 9.17) is 4.74 Å². The Bertz CT molecular complexity index is 1190. The summed E-state index contributed by atoms with van der Waals surface area (Å²) >= 11 is 0. The van der Waals surface area contributed by atoms with Crippen molar-refractivity contribution in [1.29, 1.82) is 0 Å². The van der Waals surface area contributed by atoms with Gasteiger partial charge in [-0.2, -0.15) is 0 Å². The third-order valence-corrected chi connectivity index (χ3v) is 8.21. The van der Waals surface area contributed by atoms with Crippen LogP contribution in [-0.4, -0.2) is 57.1 Å². The number of ether oxygens (including phenoxy) is 1. The summed E-state index contributed by atoms with van der Waals surface area (Å²) in [6.07, 6.45) is 6.24. The molecule has 1 saturated carbocycles. The molecule has 1 aliphatic rings. The van der Waals surface area contributed by atoms with Gasteiger partial charge in [-0.05, 0) is 50.3 Å². The first-order valence-electron chi connectivity index (χ1n) is 13.4. The molecule has 1 N–H and O–H groups in total. The molecule has 0 bridgehead atoms. The number of benzene rings is 2. The van der Waals surface area contributed by atoms with Crippen LogP contribution in [0.5, 0.6) is 5.75 Å². The standard InChI is InChI=1S/C29H41N3O5S/c1-5-27(29(34)30-24-13-6-7-14-24)31(21-23-12-8-11-22(2)19-23)28(33)17-10-18-32(38(4,35)36)25-15-9-16-26(20-25)37-3/h8-9,11-12,15-16,19-20,24,27H,5-7,10,13-14,17-18,21H2,1-4H3,(H,30,34)/t27-/m0/s1. The number of amides is 2. The molecule has 2 amide bonds. The lowest BCUT2D eigenvalue weighted by molar-refractivity contribution is -0.141. The Balaban J connectivity index is 1.76. The van der Waals surface area contributed by atoms with Crippen molar-refractivity contribution in [1.82, 2.24) is 10.2 Å². The van der Waals surface area contributed by atoms with E-state index in [-0.39, 0.29) is 30.8 Å². The molecule has 38 heavy (non-hydrogen) atoms. The van der Waals surface area contributed by atoms with E-state index in [0.717, 1.165) is 43.1 Å². The van der Waals surface area contributed by atoms with Gasteiger partial charge in [0.15, 0.2) is 0 Å². The van der Waals surface area contributed by atoms with Crippen LogP contribution in [0.15, 0.2) is 48.5 Å². The number of nitrogens with zero attached hydrogens (tertiary/aromatic N) is 2. The van der Waals surface area contributed by atoms with Gasteiger partial charge in [-0.25, -0.2) is 8.42 Å². The van der Waals surface area contributed by atoms with Gasteiger partial charge in [0.05, 0.1) is 19.1 Å². The smallest absolute Gasteiger partial charge is 0.243 e. The summed E-state index contributed by atoms with van der Waals surface area (Å²) in [5, 5.41) is 3.16. The number of anilines is 1. The first kappa shape index (κ1) is 29.5. The highest BCUT2D eigenvalue weighted by atomic mass is 32.2. The number of sulfonamides is 1. The van der Waals surface area contributed by atoms with Crippen molar-refractivity contribution < 1.29 is 22.7 Å². The van der Waals surface area contributed by atoms with Crippen molar-refractivity contribution in [2.75, 3.05) is 24.2 Å². The second-order valence-corrected chi connectivity index (χ2v) is 12.0. The van der Waals surface area contributed by atoms with E-state index in [1.165, 1.54) is 11.4 Å². The number of hydrogen-bond donors (Lipinski definition) is 1. The fourth-order valence-corrected chi connectivity index (χ4v) is 6.02. The molecule has 0 heterocycles. The van der Waals surface area contributed by atoms with Crippen LogP contribution in [0.25, 0.3) is 0 Å². The minimum absolute atomic E-state index is 0.116. The van der Waals surface area contributed by atoms with Gasteiger partial charge in [0, 0.05) is 31.6 Å². The molecular weight excluding hydrogens is 502 g/mol. The highest BCUT2D eigenvalue weighted by Gasteiger charge is 2.30. The predicted molar refractivity (Wildman–Crippen MR) is 151 cm³/mol. The monoisotopic (exact) mass is 543 g/mol. The summed E-state index contributed by atoms with van der Waals surface area (Å²) in [7, 11) is -2.05. The van der Waals surface area contributed by atoms with Gasteiger partial charge >= 0.3 is 0 Å². The molecule has 3 rings (SSSR count). The molecule has 1 aliphatic carbocycles. The maximum Gasteiger partial charge on any atom is 0.243 e. The molecule has 2 aromatic carbocycles. The summed E-state index contributed by atoms with van der Waals surface area (Å²) in [4.78, 5) is 28.6.